The van der Waals surface area contributed by atoms with Gasteiger partial charge < -0.3 is 10.1 Å². The van der Waals surface area contributed by atoms with Crippen LogP contribution in [-0.2, 0) is 16.1 Å². The van der Waals surface area contributed by atoms with E-state index in [9.17, 15) is 14.4 Å². The van der Waals surface area contributed by atoms with E-state index < -0.39 is 5.97 Å². The van der Waals surface area contributed by atoms with Crippen LogP contribution in [-0.4, -0.2) is 28.0 Å². The lowest BCUT2D eigenvalue weighted by molar-refractivity contribution is -0.143. The molecule has 0 atom stereocenters. The van der Waals surface area contributed by atoms with Crippen molar-refractivity contribution in [3.8, 4) is 0 Å². The molecule has 1 N–H and O–H groups in total. The van der Waals surface area contributed by atoms with Crippen molar-refractivity contribution in [2.75, 3.05) is 11.9 Å². The first kappa shape index (κ1) is 17.8. The third kappa shape index (κ3) is 3.50. The largest absolute Gasteiger partial charge is 0.465 e. The molecular formula is C18H17N3O4S. The number of thiophene rings is 1. The molecule has 0 saturated heterocycles. The summed E-state index contributed by atoms with van der Waals surface area (Å²) in [5, 5.41) is 3.15. The number of ether oxygens (including phenoxy) is 1. The number of anilines is 1. The number of hydrogen-bond donors (Lipinski definition) is 1. The molecule has 0 radical (unpaired) electrons. The minimum Gasteiger partial charge on any atom is -0.465 e. The zero-order valence-electron chi connectivity index (χ0n) is 14.3. The lowest BCUT2D eigenvalue weighted by atomic mass is 10.2. The van der Waals surface area contributed by atoms with Gasteiger partial charge in [-0.15, -0.1) is 11.3 Å². The summed E-state index contributed by atoms with van der Waals surface area (Å²) in [6.07, 6.45) is 1.30. The van der Waals surface area contributed by atoms with Crippen molar-refractivity contribution in [1.29, 1.82) is 0 Å². The predicted molar refractivity (Wildman–Crippen MR) is 99.6 cm³/mol. The summed E-state index contributed by atoms with van der Waals surface area (Å²) >= 11 is 1.15. The molecule has 7 nitrogen and oxygen atoms in total. The normalized spacial score (nSPS) is 10.7. The number of para-hydroxylation sites is 1. The Hall–Kier alpha value is -3.00. The van der Waals surface area contributed by atoms with Gasteiger partial charge in [0.15, 0.2) is 0 Å². The number of benzene rings is 1. The van der Waals surface area contributed by atoms with Gasteiger partial charge >= 0.3 is 5.97 Å². The molecule has 3 aromatic rings. The van der Waals surface area contributed by atoms with Crippen molar-refractivity contribution in [3.05, 3.63) is 57.5 Å². The lowest BCUT2D eigenvalue weighted by Crippen LogP contribution is -2.25. The van der Waals surface area contributed by atoms with Crippen LogP contribution in [0.2, 0.25) is 0 Å². The fraction of sp³-hybridized carbons (Fsp3) is 0.222. The highest BCUT2D eigenvalue weighted by atomic mass is 32.1. The summed E-state index contributed by atoms with van der Waals surface area (Å²) in [6.45, 7) is 3.43. The number of amides is 1. The number of hydrogen-bond acceptors (Lipinski definition) is 6. The Morgan fingerprint density at radius 3 is 2.69 bits per heavy atom. The molecule has 3 rings (SSSR count). The summed E-state index contributed by atoms with van der Waals surface area (Å²) < 4.78 is 6.06. The Labute approximate surface area is 153 Å². The molecule has 0 aliphatic heterocycles. The van der Waals surface area contributed by atoms with Crippen LogP contribution in [0.4, 0.5) is 5.69 Å². The van der Waals surface area contributed by atoms with Gasteiger partial charge in [-0.1, -0.05) is 18.2 Å². The molecule has 1 aromatic carbocycles. The number of aryl methyl sites for hydroxylation is 1. The second kappa shape index (κ2) is 7.49. The van der Waals surface area contributed by atoms with Crippen LogP contribution in [0.15, 0.2) is 41.5 Å². The molecule has 0 fully saturated rings. The SMILES string of the molecule is CCOC(=O)Cn1cnc2sc(C(=O)Nc3ccccc3)c(C)c2c1=O. The summed E-state index contributed by atoms with van der Waals surface area (Å²) in [4.78, 5) is 42.0. The first-order valence-corrected chi connectivity index (χ1v) is 8.83. The molecule has 2 aromatic heterocycles. The number of aromatic nitrogens is 2. The second-order valence-corrected chi connectivity index (χ2v) is 6.54. The zero-order valence-corrected chi connectivity index (χ0v) is 15.1. The van der Waals surface area contributed by atoms with E-state index in [0.717, 1.165) is 11.3 Å². The van der Waals surface area contributed by atoms with E-state index in [-0.39, 0.29) is 24.6 Å². The molecule has 0 saturated carbocycles. The van der Waals surface area contributed by atoms with E-state index in [0.29, 0.717) is 26.3 Å². The van der Waals surface area contributed by atoms with Gasteiger partial charge in [-0.3, -0.25) is 19.0 Å². The number of carbonyl (C=O) groups excluding carboxylic acids is 2. The molecule has 0 aliphatic rings. The van der Waals surface area contributed by atoms with Gasteiger partial charge in [-0.05, 0) is 31.5 Å². The third-order valence-corrected chi connectivity index (χ3v) is 4.96. The predicted octanol–water partition coefficient (Wildman–Crippen LogP) is 2.58. The van der Waals surface area contributed by atoms with Gasteiger partial charge in [-0.25, -0.2) is 4.98 Å². The van der Waals surface area contributed by atoms with Crippen LogP contribution >= 0.6 is 11.3 Å². The molecule has 0 unspecified atom stereocenters. The quantitative estimate of drug-likeness (QED) is 0.696. The fourth-order valence-corrected chi connectivity index (χ4v) is 3.58. The maximum absolute atomic E-state index is 12.7. The van der Waals surface area contributed by atoms with Crippen molar-refractivity contribution in [2.45, 2.75) is 20.4 Å². The van der Waals surface area contributed by atoms with Gasteiger partial charge in [0.05, 0.1) is 23.2 Å². The van der Waals surface area contributed by atoms with E-state index in [1.165, 1.54) is 10.9 Å². The molecule has 0 aliphatic carbocycles. The Kier molecular flexibility index (Phi) is 5.13. The Morgan fingerprint density at radius 1 is 1.27 bits per heavy atom. The number of fused-ring (bicyclic) bond motifs is 1. The molecule has 2 heterocycles. The molecule has 0 spiro atoms. The van der Waals surface area contributed by atoms with E-state index in [1.807, 2.05) is 18.2 Å². The lowest BCUT2D eigenvalue weighted by Gasteiger charge is -2.05. The van der Waals surface area contributed by atoms with Crippen LogP contribution in [0, 0.1) is 6.92 Å². The first-order chi connectivity index (χ1) is 12.5. The minimum atomic E-state index is -0.509. The van der Waals surface area contributed by atoms with Gasteiger partial charge in [0.1, 0.15) is 11.4 Å². The molecule has 0 bridgehead atoms. The van der Waals surface area contributed by atoms with Crippen molar-refractivity contribution in [2.24, 2.45) is 0 Å². The summed E-state index contributed by atoms with van der Waals surface area (Å²) in [5.74, 6) is -0.807. The molecule has 1 amide bonds. The Balaban J connectivity index is 1.95. The van der Waals surface area contributed by atoms with Gasteiger partial charge in [0.25, 0.3) is 11.5 Å². The van der Waals surface area contributed by atoms with Gasteiger partial charge in [0, 0.05) is 5.69 Å². The van der Waals surface area contributed by atoms with E-state index in [4.69, 9.17) is 4.74 Å². The standard InChI is InChI=1S/C18H17N3O4S/c1-3-25-13(22)9-21-10-19-17-14(18(21)24)11(2)15(26-17)16(23)20-12-7-5-4-6-8-12/h4-8,10H,3,9H2,1-2H3,(H,20,23). The summed E-state index contributed by atoms with van der Waals surface area (Å²) in [6, 6.07) is 9.07. The average molecular weight is 371 g/mol. The van der Waals surface area contributed by atoms with E-state index in [1.54, 1.807) is 26.0 Å². The number of nitrogens with one attached hydrogen (secondary N) is 1. The van der Waals surface area contributed by atoms with Crippen LogP contribution in [0.1, 0.15) is 22.2 Å². The fourth-order valence-electron chi connectivity index (χ4n) is 2.54. The van der Waals surface area contributed by atoms with Crippen molar-refractivity contribution in [1.82, 2.24) is 9.55 Å². The monoisotopic (exact) mass is 371 g/mol. The van der Waals surface area contributed by atoms with Crippen molar-refractivity contribution >= 4 is 39.1 Å². The average Bonchev–Trinajstić information content (AvgIpc) is 2.96. The zero-order chi connectivity index (χ0) is 18.7. The molecular weight excluding hydrogens is 354 g/mol. The van der Waals surface area contributed by atoms with E-state index in [2.05, 4.69) is 10.3 Å². The second-order valence-electron chi connectivity index (χ2n) is 5.54. The maximum Gasteiger partial charge on any atom is 0.326 e. The van der Waals surface area contributed by atoms with Crippen LogP contribution in [0.25, 0.3) is 10.2 Å². The number of carbonyl (C=O) groups is 2. The smallest absolute Gasteiger partial charge is 0.326 e. The Morgan fingerprint density at radius 2 is 2.00 bits per heavy atom. The van der Waals surface area contributed by atoms with Crippen molar-refractivity contribution < 1.29 is 14.3 Å². The molecule has 26 heavy (non-hydrogen) atoms. The molecule has 8 heteroatoms. The number of nitrogens with zero attached hydrogens (tertiary/aromatic N) is 2. The number of esters is 1. The summed E-state index contributed by atoms with van der Waals surface area (Å²) in [7, 11) is 0. The van der Waals surface area contributed by atoms with Crippen molar-refractivity contribution in [3.63, 3.8) is 0 Å². The highest BCUT2D eigenvalue weighted by Crippen LogP contribution is 2.27. The Bertz CT molecular complexity index is 1020. The summed E-state index contributed by atoms with van der Waals surface area (Å²) in [5.41, 5.74) is 0.853. The topological polar surface area (TPSA) is 90.3 Å². The highest BCUT2D eigenvalue weighted by molar-refractivity contribution is 7.20. The first-order valence-electron chi connectivity index (χ1n) is 8.01. The molecule has 134 valence electrons. The highest BCUT2D eigenvalue weighted by Gasteiger charge is 2.20. The van der Waals surface area contributed by atoms with Crippen LogP contribution < -0.4 is 10.9 Å². The van der Waals surface area contributed by atoms with Crippen LogP contribution in [0.5, 0.6) is 0 Å². The van der Waals surface area contributed by atoms with Gasteiger partial charge in [0.2, 0.25) is 0 Å². The van der Waals surface area contributed by atoms with E-state index >= 15 is 0 Å². The number of rotatable bonds is 5. The minimum absolute atomic E-state index is 0.212. The van der Waals surface area contributed by atoms with Gasteiger partial charge in [-0.2, -0.15) is 0 Å². The maximum atomic E-state index is 12.7. The van der Waals surface area contributed by atoms with Crippen LogP contribution in [0.3, 0.4) is 0 Å². The third-order valence-electron chi connectivity index (χ3n) is 3.76.